The molecule has 8 heteroatoms. The van der Waals surface area contributed by atoms with E-state index in [1.807, 2.05) is 0 Å². The highest BCUT2D eigenvalue weighted by atomic mass is 16.5. The van der Waals surface area contributed by atoms with E-state index in [0.717, 1.165) is 5.69 Å². The SMILES string of the molecule is CCOC(=O)/C(=C/N/C(=C/Nc1ccc(OC)cc1)C(=O)OC)c1ccccn1. The molecule has 2 aromatic rings. The molecule has 1 aromatic carbocycles. The molecular formula is C21H23N3O5. The van der Waals surface area contributed by atoms with Gasteiger partial charge in [0.2, 0.25) is 0 Å². The first-order valence-electron chi connectivity index (χ1n) is 8.83. The first kappa shape index (κ1) is 21.5. The van der Waals surface area contributed by atoms with Gasteiger partial charge in [-0.1, -0.05) is 6.07 Å². The van der Waals surface area contributed by atoms with Crippen LogP contribution in [0, 0.1) is 0 Å². The van der Waals surface area contributed by atoms with E-state index >= 15 is 0 Å². The molecule has 0 saturated carbocycles. The van der Waals surface area contributed by atoms with Crippen molar-refractivity contribution in [2.24, 2.45) is 0 Å². The average Bonchev–Trinajstić information content (AvgIpc) is 2.76. The van der Waals surface area contributed by atoms with Crippen molar-refractivity contribution in [3.8, 4) is 5.75 Å². The number of aromatic nitrogens is 1. The second kappa shape index (κ2) is 11.1. The fourth-order valence-electron chi connectivity index (χ4n) is 2.23. The fraction of sp³-hybridized carbons (Fsp3) is 0.190. The molecule has 0 fully saturated rings. The summed E-state index contributed by atoms with van der Waals surface area (Å²) in [5, 5.41) is 5.78. The van der Waals surface area contributed by atoms with E-state index in [-0.39, 0.29) is 17.9 Å². The van der Waals surface area contributed by atoms with E-state index in [0.29, 0.717) is 11.4 Å². The Morgan fingerprint density at radius 2 is 1.79 bits per heavy atom. The lowest BCUT2D eigenvalue weighted by atomic mass is 10.2. The van der Waals surface area contributed by atoms with Crippen LogP contribution in [-0.4, -0.2) is 37.7 Å². The molecule has 0 aliphatic rings. The summed E-state index contributed by atoms with van der Waals surface area (Å²) in [5.41, 5.74) is 1.40. The highest BCUT2D eigenvalue weighted by Crippen LogP contribution is 2.16. The standard InChI is InChI=1S/C21H23N3O5/c1-4-29-20(25)17(18-7-5-6-12-22-18)13-24-19(21(26)28-3)14-23-15-8-10-16(27-2)11-9-15/h5-14,23-24H,4H2,1-3H3/b17-13+,19-14+. The second-order valence-corrected chi connectivity index (χ2v) is 5.56. The molecule has 2 rings (SSSR count). The maximum atomic E-state index is 12.3. The first-order chi connectivity index (χ1) is 14.1. The highest BCUT2D eigenvalue weighted by molar-refractivity contribution is 6.15. The van der Waals surface area contributed by atoms with Crippen LogP contribution in [0.4, 0.5) is 5.69 Å². The van der Waals surface area contributed by atoms with Gasteiger partial charge in [0.25, 0.3) is 0 Å². The van der Waals surface area contributed by atoms with Gasteiger partial charge >= 0.3 is 11.9 Å². The lowest BCUT2D eigenvalue weighted by Crippen LogP contribution is -2.20. The molecule has 0 saturated heterocycles. The predicted molar refractivity (Wildman–Crippen MR) is 109 cm³/mol. The summed E-state index contributed by atoms with van der Waals surface area (Å²) in [4.78, 5) is 28.6. The Morgan fingerprint density at radius 3 is 2.38 bits per heavy atom. The van der Waals surface area contributed by atoms with Crippen LogP contribution < -0.4 is 15.4 Å². The Labute approximate surface area is 169 Å². The second-order valence-electron chi connectivity index (χ2n) is 5.56. The molecular weight excluding hydrogens is 374 g/mol. The smallest absolute Gasteiger partial charge is 0.355 e. The summed E-state index contributed by atoms with van der Waals surface area (Å²) < 4.78 is 15.0. The van der Waals surface area contributed by atoms with Crippen LogP contribution in [0.5, 0.6) is 5.75 Å². The molecule has 29 heavy (non-hydrogen) atoms. The molecule has 0 atom stereocenters. The number of nitrogens with one attached hydrogen (secondary N) is 2. The molecule has 1 aromatic heterocycles. The van der Waals surface area contributed by atoms with Gasteiger partial charge in [-0.3, -0.25) is 4.98 Å². The van der Waals surface area contributed by atoms with Crippen molar-refractivity contribution in [2.75, 3.05) is 26.1 Å². The van der Waals surface area contributed by atoms with E-state index in [1.165, 1.54) is 19.5 Å². The minimum atomic E-state index is -0.619. The predicted octanol–water partition coefficient (Wildman–Crippen LogP) is 2.71. The lowest BCUT2D eigenvalue weighted by molar-refractivity contribution is -0.137. The van der Waals surface area contributed by atoms with Gasteiger partial charge in [0, 0.05) is 24.3 Å². The van der Waals surface area contributed by atoms with Crippen LogP contribution in [0.1, 0.15) is 12.6 Å². The van der Waals surface area contributed by atoms with Gasteiger partial charge in [0.15, 0.2) is 0 Å². The van der Waals surface area contributed by atoms with E-state index in [9.17, 15) is 9.59 Å². The van der Waals surface area contributed by atoms with E-state index in [1.54, 1.807) is 62.7 Å². The maximum absolute atomic E-state index is 12.3. The Bertz CT molecular complexity index is 877. The lowest BCUT2D eigenvalue weighted by Gasteiger charge is -2.10. The quantitative estimate of drug-likeness (QED) is 0.492. The van der Waals surface area contributed by atoms with Crippen molar-refractivity contribution >= 4 is 23.2 Å². The summed E-state index contributed by atoms with van der Waals surface area (Å²) in [6.45, 7) is 1.92. The molecule has 0 aliphatic heterocycles. The number of ether oxygens (including phenoxy) is 3. The Morgan fingerprint density at radius 1 is 1.03 bits per heavy atom. The first-order valence-corrected chi connectivity index (χ1v) is 8.83. The minimum Gasteiger partial charge on any atom is -0.497 e. The zero-order valence-corrected chi connectivity index (χ0v) is 16.5. The normalized spacial score (nSPS) is 11.4. The van der Waals surface area contributed by atoms with Crippen LogP contribution in [-0.2, 0) is 19.1 Å². The van der Waals surface area contributed by atoms with Crippen molar-refractivity contribution in [1.82, 2.24) is 10.3 Å². The Balaban J connectivity index is 2.25. The largest absolute Gasteiger partial charge is 0.497 e. The molecule has 2 N–H and O–H groups in total. The number of carbonyl (C=O) groups is 2. The number of nitrogens with zero attached hydrogens (tertiary/aromatic N) is 1. The number of anilines is 1. The van der Waals surface area contributed by atoms with Gasteiger partial charge in [-0.15, -0.1) is 0 Å². The molecule has 0 amide bonds. The number of hydrogen-bond acceptors (Lipinski definition) is 8. The van der Waals surface area contributed by atoms with Gasteiger partial charge in [-0.25, -0.2) is 9.59 Å². The summed E-state index contributed by atoms with van der Waals surface area (Å²) in [7, 11) is 2.84. The summed E-state index contributed by atoms with van der Waals surface area (Å²) >= 11 is 0. The number of esters is 2. The van der Waals surface area contributed by atoms with Gasteiger partial charge in [0.05, 0.1) is 26.5 Å². The monoisotopic (exact) mass is 397 g/mol. The van der Waals surface area contributed by atoms with Crippen molar-refractivity contribution < 1.29 is 23.8 Å². The third-order valence-corrected chi connectivity index (χ3v) is 3.69. The Hall–Kier alpha value is -3.81. The zero-order chi connectivity index (χ0) is 21.1. The van der Waals surface area contributed by atoms with Gasteiger partial charge in [-0.05, 0) is 43.3 Å². The maximum Gasteiger partial charge on any atom is 0.355 e. The average molecular weight is 397 g/mol. The molecule has 152 valence electrons. The van der Waals surface area contributed by atoms with Crippen molar-refractivity contribution in [3.63, 3.8) is 0 Å². The fourth-order valence-corrected chi connectivity index (χ4v) is 2.23. The summed E-state index contributed by atoms with van der Waals surface area (Å²) in [5.74, 6) is -0.472. The van der Waals surface area contributed by atoms with Crippen molar-refractivity contribution in [2.45, 2.75) is 6.92 Å². The molecule has 0 aliphatic carbocycles. The third kappa shape index (κ3) is 6.39. The number of hydrogen-bond donors (Lipinski definition) is 2. The van der Waals surface area contributed by atoms with Crippen molar-refractivity contribution in [3.05, 3.63) is 72.5 Å². The van der Waals surface area contributed by atoms with Crippen LogP contribution >= 0.6 is 0 Å². The van der Waals surface area contributed by atoms with Gasteiger partial charge in [-0.2, -0.15) is 0 Å². The third-order valence-electron chi connectivity index (χ3n) is 3.69. The van der Waals surface area contributed by atoms with Crippen LogP contribution in [0.2, 0.25) is 0 Å². The summed E-state index contributed by atoms with van der Waals surface area (Å²) in [6.07, 6.45) is 4.36. The molecule has 0 unspecified atom stereocenters. The van der Waals surface area contributed by atoms with Crippen molar-refractivity contribution in [1.29, 1.82) is 0 Å². The van der Waals surface area contributed by atoms with Gasteiger partial charge in [0.1, 0.15) is 17.0 Å². The number of pyridine rings is 1. The van der Waals surface area contributed by atoms with E-state index in [2.05, 4.69) is 15.6 Å². The molecule has 1 heterocycles. The van der Waals surface area contributed by atoms with Crippen LogP contribution in [0.15, 0.2) is 66.8 Å². The summed E-state index contributed by atoms with van der Waals surface area (Å²) in [6, 6.07) is 12.3. The molecule has 0 spiro atoms. The van der Waals surface area contributed by atoms with Crippen LogP contribution in [0.25, 0.3) is 5.57 Å². The highest BCUT2D eigenvalue weighted by Gasteiger charge is 2.16. The van der Waals surface area contributed by atoms with Crippen LogP contribution in [0.3, 0.4) is 0 Å². The number of benzene rings is 1. The molecule has 8 nitrogen and oxygen atoms in total. The van der Waals surface area contributed by atoms with Gasteiger partial charge < -0.3 is 24.8 Å². The number of rotatable bonds is 9. The molecule has 0 bridgehead atoms. The van der Waals surface area contributed by atoms with E-state index < -0.39 is 11.9 Å². The minimum absolute atomic E-state index is 0.0843. The number of methoxy groups -OCH3 is 2. The topological polar surface area (TPSA) is 98.8 Å². The zero-order valence-electron chi connectivity index (χ0n) is 16.5. The molecule has 0 radical (unpaired) electrons. The number of carbonyl (C=O) groups excluding carboxylic acids is 2. The van der Waals surface area contributed by atoms with E-state index in [4.69, 9.17) is 14.2 Å². The Kier molecular flexibility index (Phi) is 8.25.